The van der Waals surface area contributed by atoms with Gasteiger partial charge in [-0.25, -0.2) is 0 Å². The molecule has 0 spiro atoms. The molecule has 1 aliphatic rings. The fourth-order valence-corrected chi connectivity index (χ4v) is 1.87. The third-order valence-corrected chi connectivity index (χ3v) is 3.11. The molecule has 2 unspecified atom stereocenters. The van der Waals surface area contributed by atoms with E-state index >= 15 is 0 Å². The highest BCUT2D eigenvalue weighted by molar-refractivity contribution is 7.15. The Bertz CT molecular complexity index is 271. The first-order valence-corrected chi connectivity index (χ1v) is 5.11. The Labute approximate surface area is 76.2 Å². The van der Waals surface area contributed by atoms with Crippen LogP contribution in [0.5, 0.6) is 0 Å². The van der Waals surface area contributed by atoms with Gasteiger partial charge in [0.25, 0.3) is 0 Å². The van der Waals surface area contributed by atoms with Crippen LogP contribution in [0.1, 0.15) is 18.4 Å². The summed E-state index contributed by atoms with van der Waals surface area (Å²) in [4.78, 5) is 0. The van der Waals surface area contributed by atoms with E-state index in [4.69, 9.17) is 0 Å². The molecule has 0 saturated heterocycles. The molecule has 2 rings (SSSR count). The van der Waals surface area contributed by atoms with Crippen LogP contribution in [-0.2, 0) is 0 Å². The predicted octanol–water partition coefficient (Wildman–Crippen LogP) is 1.91. The fraction of sp³-hybridized carbons (Fsp3) is 0.750. The normalized spacial score (nSPS) is 27.2. The van der Waals surface area contributed by atoms with Crippen molar-refractivity contribution in [1.29, 1.82) is 0 Å². The van der Waals surface area contributed by atoms with E-state index in [1.807, 2.05) is 6.92 Å². The van der Waals surface area contributed by atoms with Gasteiger partial charge < -0.3 is 5.32 Å². The average molecular weight is 183 g/mol. The number of hydrogen-bond donors (Lipinski definition) is 1. The highest BCUT2D eigenvalue weighted by atomic mass is 32.1. The Morgan fingerprint density at radius 3 is 2.83 bits per heavy atom. The molecule has 2 atom stereocenters. The van der Waals surface area contributed by atoms with Crippen LogP contribution in [0.2, 0.25) is 0 Å². The summed E-state index contributed by atoms with van der Waals surface area (Å²) in [6, 6.07) is 0. The van der Waals surface area contributed by atoms with Gasteiger partial charge in [-0.2, -0.15) is 0 Å². The summed E-state index contributed by atoms with van der Waals surface area (Å²) in [5, 5.41) is 13.2. The number of aromatic nitrogens is 2. The van der Waals surface area contributed by atoms with Crippen LogP contribution in [0.4, 0.5) is 5.13 Å². The van der Waals surface area contributed by atoms with Crippen molar-refractivity contribution in [3.63, 3.8) is 0 Å². The molecule has 1 fully saturated rings. The zero-order valence-electron chi connectivity index (χ0n) is 7.37. The molecule has 4 heteroatoms. The van der Waals surface area contributed by atoms with Crippen LogP contribution in [0.25, 0.3) is 0 Å². The first kappa shape index (κ1) is 7.98. The van der Waals surface area contributed by atoms with Crippen molar-refractivity contribution >= 4 is 16.5 Å². The minimum atomic E-state index is 0.870. The molecule has 1 aliphatic carbocycles. The van der Waals surface area contributed by atoms with Gasteiger partial charge in [0.05, 0.1) is 0 Å². The van der Waals surface area contributed by atoms with Crippen molar-refractivity contribution in [2.24, 2.45) is 11.8 Å². The summed E-state index contributed by atoms with van der Waals surface area (Å²) >= 11 is 1.63. The van der Waals surface area contributed by atoms with E-state index in [0.29, 0.717) is 0 Å². The summed E-state index contributed by atoms with van der Waals surface area (Å²) in [5.74, 6) is 1.78. The quantitative estimate of drug-likeness (QED) is 0.778. The molecule has 0 aromatic carbocycles. The molecule has 1 aromatic rings. The molecular formula is C8H13N3S. The maximum absolute atomic E-state index is 4.00. The van der Waals surface area contributed by atoms with Crippen LogP contribution in [-0.4, -0.2) is 16.7 Å². The third kappa shape index (κ3) is 1.75. The van der Waals surface area contributed by atoms with Crippen molar-refractivity contribution < 1.29 is 0 Å². The van der Waals surface area contributed by atoms with Crippen LogP contribution in [0.3, 0.4) is 0 Å². The lowest BCUT2D eigenvalue weighted by atomic mass is 10.3. The molecule has 1 heterocycles. The van der Waals surface area contributed by atoms with Gasteiger partial charge in [-0.05, 0) is 25.2 Å². The van der Waals surface area contributed by atoms with Crippen LogP contribution in [0, 0.1) is 18.8 Å². The van der Waals surface area contributed by atoms with Crippen LogP contribution < -0.4 is 5.32 Å². The SMILES string of the molecule is Cc1nnc(NCC2CC2C)s1. The summed E-state index contributed by atoms with van der Waals surface area (Å²) < 4.78 is 0. The van der Waals surface area contributed by atoms with Crippen molar-refractivity contribution in [3.8, 4) is 0 Å². The highest BCUT2D eigenvalue weighted by Gasteiger charge is 2.32. The van der Waals surface area contributed by atoms with E-state index in [2.05, 4.69) is 22.4 Å². The summed E-state index contributed by atoms with van der Waals surface area (Å²) in [7, 11) is 0. The standard InChI is InChI=1S/C8H13N3S/c1-5-3-7(5)4-9-8-11-10-6(2)12-8/h5,7H,3-4H2,1-2H3,(H,9,11). The fourth-order valence-electron chi connectivity index (χ4n) is 1.27. The number of nitrogens with zero attached hydrogens (tertiary/aromatic N) is 2. The monoisotopic (exact) mass is 183 g/mol. The Balaban J connectivity index is 1.80. The first-order valence-electron chi connectivity index (χ1n) is 4.29. The van der Waals surface area contributed by atoms with Crippen LogP contribution in [0.15, 0.2) is 0 Å². The van der Waals surface area contributed by atoms with Gasteiger partial charge in [0, 0.05) is 6.54 Å². The number of rotatable bonds is 3. The first-order chi connectivity index (χ1) is 5.75. The largest absolute Gasteiger partial charge is 0.360 e. The molecular weight excluding hydrogens is 170 g/mol. The second kappa shape index (κ2) is 3.01. The second-order valence-corrected chi connectivity index (χ2v) is 4.66. The highest BCUT2D eigenvalue weighted by Crippen LogP contribution is 2.37. The lowest BCUT2D eigenvalue weighted by Gasteiger charge is -1.97. The summed E-state index contributed by atoms with van der Waals surface area (Å²) in [6.45, 7) is 5.33. The van der Waals surface area contributed by atoms with E-state index < -0.39 is 0 Å². The van der Waals surface area contributed by atoms with Crippen molar-refractivity contribution in [1.82, 2.24) is 10.2 Å². The lowest BCUT2D eigenvalue weighted by molar-refractivity contribution is 0.785. The molecule has 3 nitrogen and oxygen atoms in total. The molecule has 0 bridgehead atoms. The number of aryl methyl sites for hydroxylation is 1. The Morgan fingerprint density at radius 1 is 1.58 bits per heavy atom. The molecule has 0 aliphatic heterocycles. The van der Waals surface area contributed by atoms with Gasteiger partial charge >= 0.3 is 0 Å². The maximum atomic E-state index is 4.00. The Hall–Kier alpha value is -0.640. The van der Waals surface area contributed by atoms with Crippen molar-refractivity contribution in [2.45, 2.75) is 20.3 Å². The van der Waals surface area contributed by atoms with E-state index in [0.717, 1.165) is 28.5 Å². The second-order valence-electron chi connectivity index (χ2n) is 3.48. The average Bonchev–Trinajstić information content (AvgIpc) is 2.56. The molecule has 1 saturated carbocycles. The smallest absolute Gasteiger partial charge is 0.205 e. The zero-order valence-corrected chi connectivity index (χ0v) is 8.19. The minimum Gasteiger partial charge on any atom is -0.360 e. The topological polar surface area (TPSA) is 37.8 Å². The predicted molar refractivity (Wildman–Crippen MR) is 50.4 cm³/mol. The van der Waals surface area contributed by atoms with Gasteiger partial charge in [-0.15, -0.1) is 10.2 Å². The summed E-state index contributed by atoms with van der Waals surface area (Å²) in [5.41, 5.74) is 0. The zero-order chi connectivity index (χ0) is 8.55. The number of hydrogen-bond acceptors (Lipinski definition) is 4. The molecule has 0 radical (unpaired) electrons. The molecule has 0 amide bonds. The molecule has 12 heavy (non-hydrogen) atoms. The number of anilines is 1. The molecule has 1 N–H and O–H groups in total. The Morgan fingerprint density at radius 2 is 2.33 bits per heavy atom. The van der Waals surface area contributed by atoms with Gasteiger partial charge in [0.2, 0.25) is 5.13 Å². The summed E-state index contributed by atoms with van der Waals surface area (Å²) in [6.07, 6.45) is 1.37. The van der Waals surface area contributed by atoms with Crippen molar-refractivity contribution in [2.75, 3.05) is 11.9 Å². The third-order valence-electron chi connectivity index (χ3n) is 2.32. The Kier molecular flexibility index (Phi) is 2.00. The van der Waals surface area contributed by atoms with E-state index in [-0.39, 0.29) is 0 Å². The van der Waals surface area contributed by atoms with Gasteiger partial charge in [-0.1, -0.05) is 18.3 Å². The molecule has 1 aromatic heterocycles. The van der Waals surface area contributed by atoms with Gasteiger partial charge in [-0.3, -0.25) is 0 Å². The van der Waals surface area contributed by atoms with Gasteiger partial charge in [0.1, 0.15) is 5.01 Å². The van der Waals surface area contributed by atoms with E-state index in [9.17, 15) is 0 Å². The number of nitrogens with one attached hydrogen (secondary N) is 1. The van der Waals surface area contributed by atoms with E-state index in [1.54, 1.807) is 11.3 Å². The van der Waals surface area contributed by atoms with Gasteiger partial charge in [0.15, 0.2) is 0 Å². The minimum absolute atomic E-state index is 0.870. The van der Waals surface area contributed by atoms with Crippen LogP contribution >= 0.6 is 11.3 Å². The maximum Gasteiger partial charge on any atom is 0.205 e. The lowest BCUT2D eigenvalue weighted by Crippen LogP contribution is -2.03. The molecule has 66 valence electrons. The van der Waals surface area contributed by atoms with Crippen molar-refractivity contribution in [3.05, 3.63) is 5.01 Å². The van der Waals surface area contributed by atoms with E-state index in [1.165, 1.54) is 6.42 Å².